The average Bonchev–Trinajstić information content (AvgIpc) is 1.80. The van der Waals surface area contributed by atoms with Gasteiger partial charge in [-0.2, -0.15) is 5.26 Å². The van der Waals surface area contributed by atoms with Gasteiger partial charge in [0.25, 0.3) is 0 Å². The Kier molecular flexibility index (Phi) is 4.39. The molecule has 0 fully saturated rings. The maximum atomic E-state index is 7.91. The number of amidine groups is 1. The highest BCUT2D eigenvalue weighted by Crippen LogP contribution is 1.93. The first-order valence-electron chi connectivity index (χ1n) is 2.11. The number of nitrogens with two attached hydrogens (primary N) is 1. The summed E-state index contributed by atoms with van der Waals surface area (Å²) < 4.78 is 0. The monoisotopic (exact) mass is 139 g/mol. The number of rotatable bonds is 1. The molecule has 0 aromatic heterocycles. The Morgan fingerprint density at radius 1 is 1.78 bits per heavy atom. The van der Waals surface area contributed by atoms with E-state index in [1.54, 1.807) is 6.07 Å². The van der Waals surface area contributed by atoms with Crippen molar-refractivity contribution < 1.29 is 0 Å². The number of nitriles is 1. The first-order valence-corrected chi connectivity index (χ1v) is 3.09. The van der Waals surface area contributed by atoms with E-state index in [0.717, 1.165) is 11.8 Å². The van der Waals surface area contributed by atoms with Gasteiger partial charge < -0.3 is 5.73 Å². The van der Waals surface area contributed by atoms with Crippen LogP contribution in [0.4, 0.5) is 0 Å². The second-order valence-corrected chi connectivity index (χ2v) is 2.08. The molecule has 0 aromatic carbocycles. The lowest BCUT2D eigenvalue weighted by molar-refractivity contribution is 1.50. The third kappa shape index (κ3) is 6.87. The normalized spacial score (nSPS) is 6.56. The molecule has 0 heterocycles. The molecule has 0 unspecified atom stereocenters. The van der Waals surface area contributed by atoms with Crippen LogP contribution in [0, 0.1) is 28.6 Å². The van der Waals surface area contributed by atoms with Crippen LogP contribution in [0.2, 0.25) is 0 Å². The van der Waals surface area contributed by atoms with Gasteiger partial charge in [-0.3, -0.25) is 5.41 Å². The highest BCUT2D eigenvalue weighted by Gasteiger charge is 1.83. The van der Waals surface area contributed by atoms with Gasteiger partial charge >= 0.3 is 0 Å². The van der Waals surface area contributed by atoms with Crippen molar-refractivity contribution in [1.29, 1.82) is 10.7 Å². The summed E-state index contributed by atoms with van der Waals surface area (Å²) in [5, 5.41) is 14.7. The van der Waals surface area contributed by atoms with E-state index in [2.05, 4.69) is 11.8 Å². The van der Waals surface area contributed by atoms with Gasteiger partial charge in [0.2, 0.25) is 0 Å². The highest BCUT2D eigenvalue weighted by atomic mass is 32.2. The van der Waals surface area contributed by atoms with Crippen LogP contribution in [-0.4, -0.2) is 10.9 Å². The van der Waals surface area contributed by atoms with Crippen LogP contribution in [0.15, 0.2) is 0 Å². The Balaban J connectivity index is 3.33. The van der Waals surface area contributed by atoms with E-state index in [4.69, 9.17) is 16.4 Å². The number of nitrogens with one attached hydrogen (secondary N) is 1. The summed E-state index contributed by atoms with van der Waals surface area (Å²) in [5.74, 6) is 5.10. The molecule has 46 valence electrons. The van der Waals surface area contributed by atoms with Gasteiger partial charge in [-0.1, -0.05) is 17.7 Å². The minimum Gasteiger partial charge on any atom is -0.379 e. The Morgan fingerprint density at radius 3 is 2.89 bits per heavy atom. The van der Waals surface area contributed by atoms with E-state index in [1.165, 1.54) is 0 Å². The largest absolute Gasteiger partial charge is 0.379 e. The van der Waals surface area contributed by atoms with Gasteiger partial charge in [-0.25, -0.2) is 0 Å². The van der Waals surface area contributed by atoms with Crippen molar-refractivity contribution in [2.75, 3.05) is 5.75 Å². The molecule has 4 heteroatoms. The number of hydrogen-bond donors (Lipinski definition) is 2. The van der Waals surface area contributed by atoms with Crippen LogP contribution in [0.5, 0.6) is 0 Å². The second kappa shape index (κ2) is 5.02. The number of nitrogens with zero attached hydrogens (tertiary/aromatic N) is 1. The van der Waals surface area contributed by atoms with E-state index < -0.39 is 0 Å². The lowest BCUT2D eigenvalue weighted by Crippen LogP contribution is -2.03. The van der Waals surface area contributed by atoms with Crippen molar-refractivity contribution in [1.82, 2.24) is 0 Å². The zero-order valence-corrected chi connectivity index (χ0v) is 5.46. The first-order chi connectivity index (χ1) is 4.27. The molecule has 0 saturated carbocycles. The van der Waals surface area contributed by atoms with Crippen LogP contribution in [0.1, 0.15) is 0 Å². The lowest BCUT2D eigenvalue weighted by Gasteiger charge is -1.85. The van der Waals surface area contributed by atoms with Crippen molar-refractivity contribution in [3.63, 3.8) is 0 Å². The molecule has 0 spiro atoms. The topological polar surface area (TPSA) is 73.7 Å². The summed E-state index contributed by atoms with van der Waals surface area (Å²) in [6, 6.07) is 1.66. The molecule has 3 N–H and O–H groups in total. The molecular weight excluding hydrogens is 134 g/mol. The summed E-state index contributed by atoms with van der Waals surface area (Å²) in [4.78, 5) is 0. The van der Waals surface area contributed by atoms with Crippen LogP contribution in [0.25, 0.3) is 0 Å². The summed E-state index contributed by atoms with van der Waals surface area (Å²) >= 11 is 1.11. The van der Waals surface area contributed by atoms with E-state index in [-0.39, 0.29) is 5.17 Å². The molecule has 0 aliphatic rings. The summed E-state index contributed by atoms with van der Waals surface area (Å²) in [6.45, 7) is 0. The molecule has 0 aliphatic carbocycles. The number of hydrogen-bond acceptors (Lipinski definition) is 3. The average molecular weight is 139 g/mol. The highest BCUT2D eigenvalue weighted by molar-refractivity contribution is 8.13. The van der Waals surface area contributed by atoms with Crippen LogP contribution in [-0.2, 0) is 0 Å². The molecule has 0 aromatic rings. The fraction of sp³-hybridized carbons (Fsp3) is 0.200. The molecule has 9 heavy (non-hydrogen) atoms. The predicted molar refractivity (Wildman–Crippen MR) is 37.8 cm³/mol. The zero-order chi connectivity index (χ0) is 7.11. The molecule has 0 saturated heterocycles. The fourth-order valence-electron chi connectivity index (χ4n) is 0.189. The molecular formula is C5H5N3S. The van der Waals surface area contributed by atoms with Gasteiger partial charge in [-0.15, -0.1) is 0 Å². The van der Waals surface area contributed by atoms with Crippen LogP contribution < -0.4 is 5.73 Å². The molecule has 0 atom stereocenters. The maximum Gasteiger partial charge on any atom is 0.152 e. The fourth-order valence-corrected chi connectivity index (χ4v) is 0.489. The van der Waals surface area contributed by atoms with Gasteiger partial charge in [0.1, 0.15) is 0 Å². The Morgan fingerprint density at radius 2 is 2.44 bits per heavy atom. The predicted octanol–water partition coefficient (Wildman–Crippen LogP) is 0.140. The van der Waals surface area contributed by atoms with E-state index in [9.17, 15) is 0 Å². The Labute approximate surface area is 57.7 Å². The maximum absolute atomic E-state index is 7.91. The molecule has 0 aliphatic heterocycles. The van der Waals surface area contributed by atoms with Gasteiger partial charge in [0, 0.05) is 5.92 Å². The van der Waals surface area contributed by atoms with Crippen molar-refractivity contribution in [2.24, 2.45) is 5.73 Å². The SMILES string of the molecule is N#CC#CCSC(=N)N. The molecule has 3 nitrogen and oxygen atoms in total. The summed E-state index contributed by atoms with van der Waals surface area (Å²) in [7, 11) is 0. The Bertz CT molecular complexity index is 192. The van der Waals surface area contributed by atoms with Crippen molar-refractivity contribution in [2.45, 2.75) is 0 Å². The summed E-state index contributed by atoms with van der Waals surface area (Å²) in [6.07, 6.45) is 0. The summed E-state index contributed by atoms with van der Waals surface area (Å²) in [5.41, 5.74) is 4.97. The smallest absolute Gasteiger partial charge is 0.152 e. The van der Waals surface area contributed by atoms with Gasteiger partial charge in [0.15, 0.2) is 11.2 Å². The third-order valence-corrected chi connectivity index (χ3v) is 1.04. The minimum atomic E-state index is 0.0299. The van der Waals surface area contributed by atoms with Crippen LogP contribution >= 0.6 is 11.8 Å². The van der Waals surface area contributed by atoms with E-state index in [1.807, 2.05) is 0 Å². The van der Waals surface area contributed by atoms with Crippen molar-refractivity contribution in [3.8, 4) is 17.9 Å². The quantitative estimate of drug-likeness (QED) is 0.308. The lowest BCUT2D eigenvalue weighted by atomic mass is 10.7. The third-order valence-electron chi connectivity index (χ3n) is 0.444. The van der Waals surface area contributed by atoms with E-state index in [0.29, 0.717) is 5.75 Å². The van der Waals surface area contributed by atoms with Crippen LogP contribution in [0.3, 0.4) is 0 Å². The number of thioether (sulfide) groups is 1. The van der Waals surface area contributed by atoms with Gasteiger partial charge in [0.05, 0.1) is 5.75 Å². The molecule has 0 bridgehead atoms. The minimum absolute atomic E-state index is 0.0299. The standard InChI is InChI=1S/C5H5N3S/c6-3-1-2-4-9-5(7)8/h4H2,(H3,7,8). The van der Waals surface area contributed by atoms with Crippen molar-refractivity contribution in [3.05, 3.63) is 0 Å². The molecule has 0 amide bonds. The van der Waals surface area contributed by atoms with Gasteiger partial charge in [-0.05, 0) is 0 Å². The second-order valence-electron chi connectivity index (χ2n) is 1.07. The molecule has 0 rings (SSSR count). The van der Waals surface area contributed by atoms with E-state index >= 15 is 0 Å². The molecule has 0 radical (unpaired) electrons. The zero-order valence-electron chi connectivity index (χ0n) is 4.64. The van der Waals surface area contributed by atoms with Crippen molar-refractivity contribution >= 4 is 16.9 Å². The Hall–Kier alpha value is -1.13. The first kappa shape index (κ1) is 7.87.